The lowest BCUT2D eigenvalue weighted by atomic mass is 10.1. The minimum absolute atomic E-state index is 0.298. The van der Waals surface area contributed by atoms with Crippen LogP contribution in [0, 0.1) is 0 Å². The molecule has 0 saturated heterocycles. The average Bonchev–Trinajstić information content (AvgIpc) is 3.21. The zero-order valence-electron chi connectivity index (χ0n) is 15.8. The largest absolute Gasteiger partial charge is 0.497 e. The van der Waals surface area contributed by atoms with E-state index in [1.807, 2.05) is 31.2 Å². The van der Waals surface area contributed by atoms with Crippen LogP contribution in [0.5, 0.6) is 11.5 Å². The fraction of sp³-hybridized carbons (Fsp3) is 0.190. The van der Waals surface area contributed by atoms with Crippen molar-refractivity contribution in [1.29, 1.82) is 0 Å². The molecule has 1 heterocycles. The number of amides is 1. The van der Waals surface area contributed by atoms with Crippen molar-refractivity contribution in [2.45, 2.75) is 13.3 Å². The Morgan fingerprint density at radius 2 is 1.86 bits per heavy atom. The number of ether oxygens (including phenoxy) is 2. The monoisotopic (exact) mass is 378 g/mol. The minimum Gasteiger partial charge on any atom is -0.497 e. The van der Waals surface area contributed by atoms with Gasteiger partial charge in [-0.25, -0.2) is 5.43 Å². The van der Waals surface area contributed by atoms with Gasteiger partial charge in [-0.2, -0.15) is 10.2 Å². The maximum absolute atomic E-state index is 12.2. The summed E-state index contributed by atoms with van der Waals surface area (Å²) in [5.41, 5.74) is 5.53. The quantitative estimate of drug-likeness (QED) is 0.463. The van der Waals surface area contributed by atoms with Gasteiger partial charge in [-0.3, -0.25) is 9.89 Å². The second-order valence-electron chi connectivity index (χ2n) is 6.00. The summed E-state index contributed by atoms with van der Waals surface area (Å²) >= 11 is 0. The number of nitrogens with zero attached hydrogens (tertiary/aromatic N) is 2. The van der Waals surface area contributed by atoms with Crippen molar-refractivity contribution >= 4 is 12.1 Å². The van der Waals surface area contributed by atoms with Gasteiger partial charge in [-0.1, -0.05) is 6.92 Å². The molecule has 144 valence electrons. The van der Waals surface area contributed by atoms with E-state index in [9.17, 15) is 4.79 Å². The molecule has 7 nitrogen and oxygen atoms in total. The van der Waals surface area contributed by atoms with E-state index in [0.717, 1.165) is 34.7 Å². The van der Waals surface area contributed by atoms with Crippen LogP contribution in [-0.4, -0.2) is 36.0 Å². The van der Waals surface area contributed by atoms with Gasteiger partial charge in [0.1, 0.15) is 11.5 Å². The van der Waals surface area contributed by atoms with E-state index < -0.39 is 0 Å². The molecule has 3 aromatic rings. The zero-order chi connectivity index (χ0) is 19.8. The number of carbonyl (C=O) groups is 1. The Labute approximate surface area is 163 Å². The van der Waals surface area contributed by atoms with E-state index in [4.69, 9.17) is 9.47 Å². The smallest absolute Gasteiger partial charge is 0.271 e. The third-order valence-corrected chi connectivity index (χ3v) is 4.01. The first-order chi connectivity index (χ1) is 13.7. The molecule has 0 aliphatic rings. The van der Waals surface area contributed by atoms with Crippen LogP contribution in [0.4, 0.5) is 0 Å². The zero-order valence-corrected chi connectivity index (χ0v) is 15.8. The number of nitrogens with one attached hydrogen (secondary N) is 2. The maximum atomic E-state index is 12.2. The third-order valence-electron chi connectivity index (χ3n) is 4.01. The molecule has 0 fully saturated rings. The van der Waals surface area contributed by atoms with Gasteiger partial charge in [-0.05, 0) is 55.0 Å². The predicted molar refractivity (Wildman–Crippen MR) is 108 cm³/mol. The standard InChI is InChI=1S/C21H22N4O3/c1-3-12-28-19-10-6-16(7-11-19)21(26)25-23-14-17-13-22-24-20(17)15-4-8-18(27-2)9-5-15/h4-11,13-14H,3,12H2,1-2H3,(H,22,24)(H,25,26)/b23-14-. The number of hydrogen-bond acceptors (Lipinski definition) is 5. The Kier molecular flexibility index (Phi) is 6.41. The third kappa shape index (κ3) is 4.76. The summed E-state index contributed by atoms with van der Waals surface area (Å²) in [5.74, 6) is 1.22. The second-order valence-corrected chi connectivity index (χ2v) is 6.00. The molecule has 1 aromatic heterocycles. The lowest BCUT2D eigenvalue weighted by Crippen LogP contribution is -2.17. The van der Waals surface area contributed by atoms with E-state index in [2.05, 4.69) is 20.7 Å². The van der Waals surface area contributed by atoms with Crippen LogP contribution in [0.2, 0.25) is 0 Å². The average molecular weight is 378 g/mol. The summed E-state index contributed by atoms with van der Waals surface area (Å²) in [6, 6.07) is 14.5. The van der Waals surface area contributed by atoms with Crippen molar-refractivity contribution < 1.29 is 14.3 Å². The molecule has 3 rings (SSSR count). The van der Waals surface area contributed by atoms with Gasteiger partial charge in [0.25, 0.3) is 5.91 Å². The van der Waals surface area contributed by atoms with Crippen LogP contribution in [-0.2, 0) is 0 Å². The Balaban J connectivity index is 1.63. The van der Waals surface area contributed by atoms with E-state index in [1.165, 1.54) is 0 Å². The first kappa shape index (κ1) is 19.2. The number of aromatic amines is 1. The van der Waals surface area contributed by atoms with Crippen LogP contribution in [0.1, 0.15) is 29.3 Å². The highest BCUT2D eigenvalue weighted by molar-refractivity contribution is 5.95. The van der Waals surface area contributed by atoms with Gasteiger partial charge in [0.2, 0.25) is 0 Å². The molecule has 0 atom stereocenters. The Hall–Kier alpha value is -3.61. The second kappa shape index (κ2) is 9.36. The fourth-order valence-electron chi connectivity index (χ4n) is 2.53. The molecule has 28 heavy (non-hydrogen) atoms. The van der Waals surface area contributed by atoms with Gasteiger partial charge >= 0.3 is 0 Å². The summed E-state index contributed by atoms with van der Waals surface area (Å²) in [7, 11) is 1.62. The highest BCUT2D eigenvalue weighted by Crippen LogP contribution is 2.22. The van der Waals surface area contributed by atoms with Gasteiger partial charge < -0.3 is 9.47 Å². The highest BCUT2D eigenvalue weighted by atomic mass is 16.5. The molecule has 0 unspecified atom stereocenters. The number of hydrogen-bond donors (Lipinski definition) is 2. The minimum atomic E-state index is -0.298. The first-order valence-electron chi connectivity index (χ1n) is 8.95. The lowest BCUT2D eigenvalue weighted by Gasteiger charge is -2.05. The number of methoxy groups -OCH3 is 1. The van der Waals surface area contributed by atoms with Crippen molar-refractivity contribution in [1.82, 2.24) is 15.6 Å². The summed E-state index contributed by atoms with van der Waals surface area (Å²) in [5, 5.41) is 11.0. The fourth-order valence-corrected chi connectivity index (χ4v) is 2.53. The molecule has 0 bridgehead atoms. The number of carbonyl (C=O) groups excluding carboxylic acids is 1. The van der Waals surface area contributed by atoms with Crippen LogP contribution in [0.3, 0.4) is 0 Å². The molecule has 7 heteroatoms. The van der Waals surface area contributed by atoms with Gasteiger partial charge in [0.05, 0.1) is 31.8 Å². The summed E-state index contributed by atoms with van der Waals surface area (Å²) in [4.78, 5) is 12.2. The SMILES string of the molecule is CCCOc1ccc(C(=O)N/N=C\c2cn[nH]c2-c2ccc(OC)cc2)cc1. The van der Waals surface area contributed by atoms with Crippen molar-refractivity contribution in [2.75, 3.05) is 13.7 Å². The van der Waals surface area contributed by atoms with Gasteiger partial charge in [-0.15, -0.1) is 0 Å². The van der Waals surface area contributed by atoms with E-state index in [1.54, 1.807) is 43.8 Å². The lowest BCUT2D eigenvalue weighted by molar-refractivity contribution is 0.0955. The van der Waals surface area contributed by atoms with Gasteiger partial charge in [0, 0.05) is 16.7 Å². The predicted octanol–water partition coefficient (Wildman–Crippen LogP) is 3.64. The molecule has 0 aliphatic heterocycles. The van der Waals surface area contributed by atoms with Crippen LogP contribution < -0.4 is 14.9 Å². The molecule has 0 radical (unpaired) electrons. The van der Waals surface area contributed by atoms with E-state index in [0.29, 0.717) is 12.2 Å². The molecular formula is C21H22N4O3. The van der Waals surface area contributed by atoms with Crippen molar-refractivity contribution in [3.05, 3.63) is 65.9 Å². The van der Waals surface area contributed by atoms with Gasteiger partial charge in [0.15, 0.2) is 0 Å². The first-order valence-corrected chi connectivity index (χ1v) is 8.95. The van der Waals surface area contributed by atoms with Crippen molar-refractivity contribution in [2.24, 2.45) is 5.10 Å². The molecule has 1 amide bonds. The number of benzene rings is 2. The molecule has 2 aromatic carbocycles. The number of rotatable bonds is 8. The summed E-state index contributed by atoms with van der Waals surface area (Å²) < 4.78 is 10.7. The molecule has 0 aliphatic carbocycles. The Morgan fingerprint density at radius 3 is 2.54 bits per heavy atom. The molecule has 2 N–H and O–H groups in total. The van der Waals surface area contributed by atoms with Crippen LogP contribution >= 0.6 is 0 Å². The normalized spacial score (nSPS) is 10.8. The van der Waals surface area contributed by atoms with Crippen LogP contribution in [0.25, 0.3) is 11.3 Å². The number of hydrazone groups is 1. The van der Waals surface area contributed by atoms with Crippen LogP contribution in [0.15, 0.2) is 59.8 Å². The molecule has 0 saturated carbocycles. The molecular weight excluding hydrogens is 356 g/mol. The summed E-state index contributed by atoms with van der Waals surface area (Å²) in [6.07, 6.45) is 4.14. The van der Waals surface area contributed by atoms with E-state index in [-0.39, 0.29) is 5.91 Å². The Bertz CT molecular complexity index is 931. The Morgan fingerprint density at radius 1 is 1.14 bits per heavy atom. The van der Waals surface area contributed by atoms with Crippen molar-refractivity contribution in [3.63, 3.8) is 0 Å². The number of H-pyrrole nitrogens is 1. The van der Waals surface area contributed by atoms with E-state index >= 15 is 0 Å². The number of aromatic nitrogens is 2. The topological polar surface area (TPSA) is 88.6 Å². The maximum Gasteiger partial charge on any atom is 0.271 e. The highest BCUT2D eigenvalue weighted by Gasteiger charge is 2.07. The van der Waals surface area contributed by atoms with Crippen molar-refractivity contribution in [3.8, 4) is 22.8 Å². The summed E-state index contributed by atoms with van der Waals surface area (Å²) in [6.45, 7) is 2.69. The molecule has 0 spiro atoms.